The molecule has 0 atom stereocenters. The Morgan fingerprint density at radius 2 is 1.21 bits per heavy atom. The molecule has 2 amide bonds. The second kappa shape index (κ2) is 9.96. The van der Waals surface area contributed by atoms with Crippen molar-refractivity contribution < 1.29 is 19.1 Å². The highest BCUT2D eigenvalue weighted by atomic mass is 16.6. The molecule has 0 aliphatic carbocycles. The number of ether oxygens (including phenoxy) is 2. The molecule has 0 saturated carbocycles. The van der Waals surface area contributed by atoms with E-state index in [2.05, 4.69) is 53.4 Å². The predicted octanol–water partition coefficient (Wildman–Crippen LogP) is 5.88. The highest BCUT2D eigenvalue weighted by molar-refractivity contribution is 5.88. The molecule has 0 bridgehead atoms. The van der Waals surface area contributed by atoms with E-state index in [1.54, 1.807) is 41.5 Å². The standard InChI is InChI=1S/C27H36N2O4/c1-26(2,3)32-24(30)29(25(31)33-27(4,5)6)19-20-17-28(18-20)23(21-13-9-7-10-14-21)22-15-11-8-12-16-22/h7-16,20,23H,17-19H2,1-6H3. The molecular weight excluding hydrogens is 416 g/mol. The number of carbonyl (C=O) groups excluding carboxylic acids is 2. The summed E-state index contributed by atoms with van der Waals surface area (Å²) in [6, 6.07) is 20.9. The van der Waals surface area contributed by atoms with Crippen molar-refractivity contribution in [3.8, 4) is 0 Å². The largest absolute Gasteiger partial charge is 0.443 e. The van der Waals surface area contributed by atoms with Gasteiger partial charge in [-0.25, -0.2) is 14.5 Å². The first-order valence-corrected chi connectivity index (χ1v) is 11.5. The van der Waals surface area contributed by atoms with Gasteiger partial charge >= 0.3 is 12.2 Å². The number of hydrogen-bond donors (Lipinski definition) is 0. The zero-order valence-electron chi connectivity index (χ0n) is 20.6. The third-order valence-electron chi connectivity index (χ3n) is 5.25. The Labute approximate surface area is 197 Å². The van der Waals surface area contributed by atoms with Crippen molar-refractivity contribution in [2.75, 3.05) is 19.6 Å². The monoisotopic (exact) mass is 452 g/mol. The normalized spacial score (nSPS) is 15.1. The number of likely N-dealkylation sites (tertiary alicyclic amines) is 1. The highest BCUT2D eigenvalue weighted by Gasteiger charge is 2.39. The summed E-state index contributed by atoms with van der Waals surface area (Å²) in [6.07, 6.45) is -1.34. The zero-order valence-corrected chi connectivity index (χ0v) is 20.6. The average molecular weight is 453 g/mol. The maximum atomic E-state index is 12.8. The van der Waals surface area contributed by atoms with E-state index in [9.17, 15) is 9.59 Å². The molecule has 1 aliphatic rings. The van der Waals surface area contributed by atoms with Gasteiger partial charge in [-0.2, -0.15) is 0 Å². The molecule has 33 heavy (non-hydrogen) atoms. The molecular formula is C27H36N2O4. The van der Waals surface area contributed by atoms with Crippen LogP contribution in [0, 0.1) is 5.92 Å². The lowest BCUT2D eigenvalue weighted by Gasteiger charge is -2.46. The van der Waals surface area contributed by atoms with Gasteiger partial charge in [0.1, 0.15) is 11.2 Å². The van der Waals surface area contributed by atoms with Crippen LogP contribution in [0.2, 0.25) is 0 Å². The van der Waals surface area contributed by atoms with Gasteiger partial charge in [-0.1, -0.05) is 60.7 Å². The molecule has 0 radical (unpaired) electrons. The summed E-state index contributed by atoms with van der Waals surface area (Å²) >= 11 is 0. The van der Waals surface area contributed by atoms with Crippen molar-refractivity contribution in [2.24, 2.45) is 5.92 Å². The van der Waals surface area contributed by atoms with Gasteiger partial charge in [0, 0.05) is 25.6 Å². The molecule has 1 heterocycles. The van der Waals surface area contributed by atoms with Crippen molar-refractivity contribution in [1.29, 1.82) is 0 Å². The zero-order chi connectivity index (χ0) is 24.2. The maximum absolute atomic E-state index is 12.8. The van der Waals surface area contributed by atoms with E-state index in [1.165, 1.54) is 11.1 Å². The maximum Gasteiger partial charge on any atom is 0.419 e. The van der Waals surface area contributed by atoms with Gasteiger partial charge in [-0.3, -0.25) is 4.90 Å². The van der Waals surface area contributed by atoms with Crippen molar-refractivity contribution >= 4 is 12.2 Å². The molecule has 3 rings (SSSR count). The van der Waals surface area contributed by atoms with Crippen LogP contribution in [-0.2, 0) is 9.47 Å². The van der Waals surface area contributed by atoms with E-state index in [1.807, 2.05) is 12.1 Å². The number of amides is 2. The molecule has 6 nitrogen and oxygen atoms in total. The van der Waals surface area contributed by atoms with Gasteiger partial charge in [-0.05, 0) is 52.7 Å². The molecule has 0 unspecified atom stereocenters. The van der Waals surface area contributed by atoms with Crippen molar-refractivity contribution in [3.05, 3.63) is 71.8 Å². The van der Waals surface area contributed by atoms with Gasteiger partial charge in [-0.15, -0.1) is 0 Å². The highest BCUT2D eigenvalue weighted by Crippen LogP contribution is 2.34. The summed E-state index contributed by atoms with van der Waals surface area (Å²) in [5.41, 5.74) is 1.04. The Kier molecular flexibility index (Phi) is 7.48. The second-order valence-electron chi connectivity index (χ2n) is 10.6. The van der Waals surface area contributed by atoms with Gasteiger partial charge < -0.3 is 9.47 Å². The summed E-state index contributed by atoms with van der Waals surface area (Å²) < 4.78 is 11.0. The smallest absolute Gasteiger partial charge is 0.419 e. The summed E-state index contributed by atoms with van der Waals surface area (Å²) in [4.78, 5) is 29.1. The molecule has 1 fully saturated rings. The van der Waals surface area contributed by atoms with Gasteiger partial charge in [0.05, 0.1) is 6.04 Å². The minimum absolute atomic E-state index is 0.125. The number of nitrogens with zero attached hydrogens (tertiary/aromatic N) is 2. The van der Waals surface area contributed by atoms with E-state index in [0.29, 0.717) is 0 Å². The van der Waals surface area contributed by atoms with Crippen LogP contribution in [0.25, 0.3) is 0 Å². The van der Waals surface area contributed by atoms with E-state index in [-0.39, 0.29) is 18.5 Å². The van der Waals surface area contributed by atoms with Crippen molar-refractivity contribution in [2.45, 2.75) is 58.8 Å². The third-order valence-corrected chi connectivity index (χ3v) is 5.25. The van der Waals surface area contributed by atoms with Crippen LogP contribution in [0.1, 0.15) is 58.7 Å². The Balaban J connectivity index is 1.73. The lowest BCUT2D eigenvalue weighted by molar-refractivity contribution is -0.0134. The quantitative estimate of drug-likeness (QED) is 0.567. The number of imide groups is 1. The number of rotatable bonds is 5. The molecule has 0 aromatic heterocycles. The summed E-state index contributed by atoms with van der Waals surface area (Å²) in [6.45, 7) is 12.5. The molecule has 178 valence electrons. The molecule has 2 aromatic carbocycles. The SMILES string of the molecule is CC(C)(C)OC(=O)N(CC1CN(C(c2ccccc2)c2ccccc2)C1)C(=O)OC(C)(C)C. The van der Waals surface area contributed by atoms with Crippen molar-refractivity contribution in [1.82, 2.24) is 9.80 Å². The molecule has 0 spiro atoms. The summed E-state index contributed by atoms with van der Waals surface area (Å²) in [5.74, 6) is 0.139. The summed E-state index contributed by atoms with van der Waals surface area (Å²) in [7, 11) is 0. The van der Waals surface area contributed by atoms with Crippen molar-refractivity contribution in [3.63, 3.8) is 0 Å². The third kappa shape index (κ3) is 7.06. The van der Waals surface area contributed by atoms with E-state index < -0.39 is 23.4 Å². The van der Waals surface area contributed by atoms with Gasteiger partial charge in [0.2, 0.25) is 0 Å². The molecule has 2 aromatic rings. The van der Waals surface area contributed by atoms with Crippen LogP contribution in [-0.4, -0.2) is 52.8 Å². The fourth-order valence-corrected chi connectivity index (χ4v) is 3.94. The van der Waals surface area contributed by atoms with Crippen LogP contribution < -0.4 is 0 Å². The van der Waals surface area contributed by atoms with E-state index in [0.717, 1.165) is 18.0 Å². The Bertz CT molecular complexity index is 859. The number of benzene rings is 2. The Morgan fingerprint density at radius 1 is 0.818 bits per heavy atom. The van der Waals surface area contributed by atoms with Crippen LogP contribution in [0.15, 0.2) is 60.7 Å². The average Bonchev–Trinajstić information content (AvgIpc) is 2.68. The number of hydrogen-bond acceptors (Lipinski definition) is 5. The lowest BCUT2D eigenvalue weighted by atomic mass is 9.90. The first kappa shape index (κ1) is 24.8. The topological polar surface area (TPSA) is 59.1 Å². The number of carbonyl (C=O) groups is 2. The predicted molar refractivity (Wildman–Crippen MR) is 129 cm³/mol. The Hall–Kier alpha value is -2.86. The second-order valence-corrected chi connectivity index (χ2v) is 10.6. The molecule has 1 aliphatic heterocycles. The van der Waals surface area contributed by atoms with Crippen LogP contribution in [0.4, 0.5) is 9.59 Å². The van der Waals surface area contributed by atoms with Gasteiger partial charge in [0.25, 0.3) is 0 Å². The Morgan fingerprint density at radius 3 is 1.58 bits per heavy atom. The summed E-state index contributed by atoms with van der Waals surface area (Å²) in [5, 5.41) is 0. The van der Waals surface area contributed by atoms with E-state index >= 15 is 0 Å². The minimum Gasteiger partial charge on any atom is -0.443 e. The fraction of sp³-hybridized carbons (Fsp3) is 0.481. The van der Waals surface area contributed by atoms with Gasteiger partial charge in [0.15, 0.2) is 0 Å². The molecule has 1 saturated heterocycles. The molecule has 0 N–H and O–H groups in total. The molecule has 6 heteroatoms. The minimum atomic E-state index is -0.700. The van der Waals surface area contributed by atoms with Crippen LogP contribution in [0.5, 0.6) is 0 Å². The first-order chi connectivity index (χ1) is 15.4. The van der Waals surface area contributed by atoms with Crippen LogP contribution >= 0.6 is 0 Å². The fourth-order valence-electron chi connectivity index (χ4n) is 3.94. The van der Waals surface area contributed by atoms with E-state index in [4.69, 9.17) is 9.47 Å². The van der Waals surface area contributed by atoms with Crippen LogP contribution in [0.3, 0.4) is 0 Å². The lowest BCUT2D eigenvalue weighted by Crippen LogP contribution is -2.55. The first-order valence-electron chi connectivity index (χ1n) is 11.5.